The van der Waals surface area contributed by atoms with Gasteiger partial charge in [-0.1, -0.05) is 30.3 Å². The molecule has 0 bridgehead atoms. The van der Waals surface area contributed by atoms with Crippen molar-refractivity contribution < 1.29 is 4.79 Å². The van der Waals surface area contributed by atoms with Crippen molar-refractivity contribution in [3.8, 4) is 0 Å². The minimum atomic E-state index is -0.0674. The first kappa shape index (κ1) is 13.1. The molecular formula is C15H17N3O. The zero-order chi connectivity index (χ0) is 13.7. The third-order valence-electron chi connectivity index (χ3n) is 2.94. The van der Waals surface area contributed by atoms with E-state index >= 15 is 0 Å². The molecule has 2 aromatic carbocycles. The van der Waals surface area contributed by atoms with Gasteiger partial charge in [0.25, 0.3) is 5.91 Å². The maximum atomic E-state index is 12.6. The van der Waals surface area contributed by atoms with Crippen LogP contribution in [-0.4, -0.2) is 12.5 Å². The predicted molar refractivity (Wildman–Crippen MR) is 78.0 cm³/mol. The first-order chi connectivity index (χ1) is 9.27. The van der Waals surface area contributed by atoms with Crippen molar-refractivity contribution in [1.82, 2.24) is 0 Å². The van der Waals surface area contributed by atoms with E-state index in [2.05, 4.69) is 5.43 Å². The number of carbonyl (C=O) groups excluding carboxylic acids is 1. The summed E-state index contributed by atoms with van der Waals surface area (Å²) in [5, 5.41) is 0. The number of hydrazine groups is 1. The van der Waals surface area contributed by atoms with E-state index in [1.165, 1.54) is 0 Å². The largest absolute Gasteiger partial charge is 0.323 e. The zero-order valence-corrected chi connectivity index (χ0v) is 10.8. The van der Waals surface area contributed by atoms with Gasteiger partial charge in [0.1, 0.15) is 0 Å². The summed E-state index contributed by atoms with van der Waals surface area (Å²) >= 11 is 0. The smallest absolute Gasteiger partial charge is 0.260 e. The van der Waals surface area contributed by atoms with Gasteiger partial charge in [0.2, 0.25) is 0 Å². The van der Waals surface area contributed by atoms with Crippen LogP contribution in [0.4, 0.5) is 11.4 Å². The minimum Gasteiger partial charge on any atom is -0.323 e. The Morgan fingerprint density at radius 3 is 2.37 bits per heavy atom. The van der Waals surface area contributed by atoms with Crippen molar-refractivity contribution in [3.63, 3.8) is 0 Å². The maximum absolute atomic E-state index is 12.6. The molecule has 98 valence electrons. The van der Waals surface area contributed by atoms with Gasteiger partial charge in [0.15, 0.2) is 0 Å². The van der Waals surface area contributed by atoms with Gasteiger partial charge in [0.05, 0.1) is 11.3 Å². The Morgan fingerprint density at radius 1 is 1.11 bits per heavy atom. The van der Waals surface area contributed by atoms with Crippen LogP contribution in [-0.2, 0) is 0 Å². The zero-order valence-electron chi connectivity index (χ0n) is 10.8. The molecule has 4 nitrogen and oxygen atoms in total. The number of hydrogen-bond donors (Lipinski definition) is 2. The molecule has 3 N–H and O–H groups in total. The second kappa shape index (κ2) is 6.02. The normalized spacial score (nSPS) is 10.0. The van der Waals surface area contributed by atoms with Gasteiger partial charge in [-0.25, -0.2) is 0 Å². The average Bonchev–Trinajstić information content (AvgIpc) is 2.49. The monoisotopic (exact) mass is 255 g/mol. The minimum absolute atomic E-state index is 0.0674. The van der Waals surface area contributed by atoms with Crippen molar-refractivity contribution in [1.29, 1.82) is 0 Å². The van der Waals surface area contributed by atoms with E-state index in [1.807, 2.05) is 49.4 Å². The third-order valence-corrected chi connectivity index (χ3v) is 2.94. The number of hydrogen-bond acceptors (Lipinski definition) is 3. The highest BCUT2D eigenvalue weighted by Crippen LogP contribution is 2.20. The lowest BCUT2D eigenvalue weighted by Gasteiger charge is -2.22. The third kappa shape index (κ3) is 2.74. The van der Waals surface area contributed by atoms with E-state index in [9.17, 15) is 4.79 Å². The Bertz CT molecular complexity index is 554. The van der Waals surface area contributed by atoms with Crippen LogP contribution in [0.15, 0.2) is 54.6 Å². The topological polar surface area (TPSA) is 58.4 Å². The van der Waals surface area contributed by atoms with Crippen LogP contribution in [0.3, 0.4) is 0 Å². The average molecular weight is 255 g/mol. The number of amides is 1. The fourth-order valence-electron chi connectivity index (χ4n) is 1.99. The molecule has 0 radical (unpaired) electrons. The summed E-state index contributed by atoms with van der Waals surface area (Å²) in [6.07, 6.45) is 0. The van der Waals surface area contributed by atoms with Crippen molar-refractivity contribution in [2.24, 2.45) is 5.84 Å². The molecule has 2 rings (SSSR count). The van der Waals surface area contributed by atoms with Gasteiger partial charge in [-0.2, -0.15) is 0 Å². The van der Waals surface area contributed by atoms with Crippen LogP contribution in [0.5, 0.6) is 0 Å². The molecule has 4 heteroatoms. The van der Waals surface area contributed by atoms with E-state index in [0.29, 0.717) is 17.8 Å². The highest BCUT2D eigenvalue weighted by molar-refractivity contribution is 6.09. The number of nitrogens with two attached hydrogens (primary N) is 1. The van der Waals surface area contributed by atoms with Gasteiger partial charge in [-0.15, -0.1) is 0 Å². The van der Waals surface area contributed by atoms with E-state index in [4.69, 9.17) is 5.84 Å². The van der Waals surface area contributed by atoms with Crippen molar-refractivity contribution in [2.45, 2.75) is 6.92 Å². The Hall–Kier alpha value is -2.33. The lowest BCUT2D eigenvalue weighted by molar-refractivity contribution is 0.0989. The van der Waals surface area contributed by atoms with Gasteiger partial charge < -0.3 is 10.3 Å². The van der Waals surface area contributed by atoms with E-state index in [-0.39, 0.29) is 5.91 Å². The Labute approximate surface area is 112 Å². The molecule has 19 heavy (non-hydrogen) atoms. The van der Waals surface area contributed by atoms with Crippen LogP contribution >= 0.6 is 0 Å². The van der Waals surface area contributed by atoms with Gasteiger partial charge >= 0.3 is 0 Å². The molecule has 0 atom stereocenters. The summed E-state index contributed by atoms with van der Waals surface area (Å²) in [6, 6.07) is 16.8. The lowest BCUT2D eigenvalue weighted by Crippen LogP contribution is -2.31. The summed E-state index contributed by atoms with van der Waals surface area (Å²) in [5.41, 5.74) is 4.63. The molecule has 0 spiro atoms. The van der Waals surface area contributed by atoms with E-state index in [0.717, 1.165) is 5.69 Å². The Balaban J connectivity index is 2.36. The number of nitrogens with zero attached hydrogens (tertiary/aromatic N) is 1. The quantitative estimate of drug-likeness (QED) is 0.652. The molecule has 0 aliphatic heterocycles. The molecule has 0 aliphatic carbocycles. The number of carbonyl (C=O) groups is 1. The molecule has 0 saturated carbocycles. The molecule has 0 fully saturated rings. The SMILES string of the molecule is CCN(C(=O)c1ccccc1NN)c1ccccc1. The van der Waals surface area contributed by atoms with Crippen LogP contribution < -0.4 is 16.2 Å². The highest BCUT2D eigenvalue weighted by atomic mass is 16.2. The molecule has 0 aromatic heterocycles. The van der Waals surface area contributed by atoms with E-state index < -0.39 is 0 Å². The number of nitrogen functional groups attached to an aromatic ring is 1. The number of para-hydroxylation sites is 2. The lowest BCUT2D eigenvalue weighted by atomic mass is 10.1. The standard InChI is InChI=1S/C15H17N3O/c1-2-18(12-8-4-3-5-9-12)15(19)13-10-6-7-11-14(13)17-16/h3-11,17H,2,16H2,1H3. The summed E-state index contributed by atoms with van der Waals surface area (Å²) in [4.78, 5) is 14.3. The van der Waals surface area contributed by atoms with Crippen LogP contribution in [0.1, 0.15) is 17.3 Å². The van der Waals surface area contributed by atoms with Crippen molar-refractivity contribution >= 4 is 17.3 Å². The fraction of sp³-hybridized carbons (Fsp3) is 0.133. The van der Waals surface area contributed by atoms with Gasteiger partial charge in [-0.3, -0.25) is 10.6 Å². The molecular weight excluding hydrogens is 238 g/mol. The number of nitrogens with one attached hydrogen (secondary N) is 1. The van der Waals surface area contributed by atoms with E-state index in [1.54, 1.807) is 17.0 Å². The summed E-state index contributed by atoms with van der Waals surface area (Å²) in [5.74, 6) is 5.38. The first-order valence-corrected chi connectivity index (χ1v) is 6.20. The first-order valence-electron chi connectivity index (χ1n) is 6.20. The molecule has 1 amide bonds. The predicted octanol–water partition coefficient (Wildman–Crippen LogP) is 2.64. The molecule has 0 saturated heterocycles. The Morgan fingerprint density at radius 2 is 1.74 bits per heavy atom. The second-order valence-electron chi connectivity index (χ2n) is 4.07. The van der Waals surface area contributed by atoms with Gasteiger partial charge in [0, 0.05) is 12.2 Å². The van der Waals surface area contributed by atoms with Gasteiger partial charge in [-0.05, 0) is 31.2 Å². The summed E-state index contributed by atoms with van der Waals surface area (Å²) < 4.78 is 0. The van der Waals surface area contributed by atoms with Crippen LogP contribution in [0, 0.1) is 0 Å². The summed E-state index contributed by atoms with van der Waals surface area (Å²) in [6.45, 7) is 2.55. The maximum Gasteiger partial charge on any atom is 0.260 e. The molecule has 0 aliphatic rings. The fourth-order valence-corrected chi connectivity index (χ4v) is 1.99. The van der Waals surface area contributed by atoms with Crippen LogP contribution in [0.2, 0.25) is 0 Å². The van der Waals surface area contributed by atoms with Crippen molar-refractivity contribution in [3.05, 3.63) is 60.2 Å². The number of anilines is 2. The highest BCUT2D eigenvalue weighted by Gasteiger charge is 2.18. The summed E-state index contributed by atoms with van der Waals surface area (Å²) in [7, 11) is 0. The Kier molecular flexibility index (Phi) is 4.15. The molecule has 0 heterocycles. The molecule has 2 aromatic rings. The second-order valence-corrected chi connectivity index (χ2v) is 4.07. The van der Waals surface area contributed by atoms with Crippen molar-refractivity contribution in [2.75, 3.05) is 16.9 Å². The number of rotatable bonds is 4. The molecule has 0 unspecified atom stereocenters. The number of benzene rings is 2. The van der Waals surface area contributed by atoms with Crippen LogP contribution in [0.25, 0.3) is 0 Å².